The SMILES string of the molecule is CC(C)(C)c1cc(-c2cc(-c3ccc4c(c3)CC(F)(F)CC4)ccn2)cc2ccccc12. The molecule has 4 aromatic rings. The quantitative estimate of drug-likeness (QED) is 0.316. The molecule has 5 rings (SSSR count). The Labute approximate surface area is 188 Å². The molecule has 0 amide bonds. The number of fused-ring (bicyclic) bond motifs is 2. The largest absolute Gasteiger partial charge is 0.256 e. The summed E-state index contributed by atoms with van der Waals surface area (Å²) in [7, 11) is 0. The zero-order valence-corrected chi connectivity index (χ0v) is 18.8. The van der Waals surface area contributed by atoms with Crippen LogP contribution in [0.4, 0.5) is 8.78 Å². The Hall–Kier alpha value is -3.07. The topological polar surface area (TPSA) is 12.9 Å². The fourth-order valence-corrected chi connectivity index (χ4v) is 4.75. The number of pyridine rings is 1. The van der Waals surface area contributed by atoms with E-state index < -0.39 is 5.92 Å². The number of aryl methyl sites for hydroxylation is 1. The lowest BCUT2D eigenvalue weighted by Gasteiger charge is -2.25. The van der Waals surface area contributed by atoms with Crippen molar-refractivity contribution in [1.29, 1.82) is 0 Å². The van der Waals surface area contributed by atoms with Crippen molar-refractivity contribution in [3.63, 3.8) is 0 Å². The Morgan fingerprint density at radius 3 is 2.41 bits per heavy atom. The molecule has 3 heteroatoms. The zero-order chi connectivity index (χ0) is 22.5. The van der Waals surface area contributed by atoms with Crippen LogP contribution in [0.3, 0.4) is 0 Å². The Morgan fingerprint density at radius 1 is 0.812 bits per heavy atom. The summed E-state index contributed by atoms with van der Waals surface area (Å²) >= 11 is 0. The molecule has 0 saturated heterocycles. The minimum atomic E-state index is -2.61. The van der Waals surface area contributed by atoms with Crippen molar-refractivity contribution in [2.45, 2.75) is 51.4 Å². The average Bonchev–Trinajstić information content (AvgIpc) is 2.76. The summed E-state index contributed by atoms with van der Waals surface area (Å²) in [5, 5.41) is 2.45. The first-order valence-electron chi connectivity index (χ1n) is 11.2. The first-order valence-corrected chi connectivity index (χ1v) is 11.2. The van der Waals surface area contributed by atoms with Crippen LogP contribution in [0.2, 0.25) is 0 Å². The maximum absolute atomic E-state index is 14.0. The van der Waals surface area contributed by atoms with Crippen LogP contribution >= 0.6 is 0 Å². The first kappa shape index (κ1) is 20.8. The van der Waals surface area contributed by atoms with E-state index in [1.807, 2.05) is 30.5 Å². The van der Waals surface area contributed by atoms with E-state index >= 15 is 0 Å². The number of nitrogens with zero attached hydrogens (tertiary/aromatic N) is 1. The fourth-order valence-electron chi connectivity index (χ4n) is 4.75. The predicted molar refractivity (Wildman–Crippen MR) is 128 cm³/mol. The molecule has 0 atom stereocenters. The molecule has 0 spiro atoms. The van der Waals surface area contributed by atoms with Crippen molar-refractivity contribution in [3.05, 3.63) is 89.6 Å². The molecule has 0 unspecified atom stereocenters. The Kier molecular flexibility index (Phi) is 4.88. The smallest absolute Gasteiger partial charge is 0.252 e. The molecule has 3 aromatic carbocycles. The van der Waals surface area contributed by atoms with Crippen LogP contribution in [0.5, 0.6) is 0 Å². The molecule has 1 aliphatic carbocycles. The Bertz CT molecular complexity index is 1310. The normalized spacial score (nSPS) is 15.5. The van der Waals surface area contributed by atoms with Crippen molar-refractivity contribution in [2.75, 3.05) is 0 Å². The monoisotopic (exact) mass is 427 g/mol. The van der Waals surface area contributed by atoms with E-state index in [1.54, 1.807) is 0 Å². The van der Waals surface area contributed by atoms with Gasteiger partial charge in [-0.2, -0.15) is 0 Å². The van der Waals surface area contributed by atoms with Gasteiger partial charge in [-0.15, -0.1) is 0 Å². The van der Waals surface area contributed by atoms with Gasteiger partial charge in [0, 0.05) is 24.6 Å². The summed E-state index contributed by atoms with van der Waals surface area (Å²) in [6.07, 6.45) is 2.02. The molecular formula is C29H27F2N. The number of rotatable bonds is 2. The van der Waals surface area contributed by atoms with Crippen molar-refractivity contribution in [2.24, 2.45) is 0 Å². The molecule has 32 heavy (non-hydrogen) atoms. The van der Waals surface area contributed by atoms with Gasteiger partial charge in [0.2, 0.25) is 0 Å². The molecular weight excluding hydrogens is 400 g/mol. The van der Waals surface area contributed by atoms with Gasteiger partial charge in [0.15, 0.2) is 0 Å². The maximum Gasteiger partial charge on any atom is 0.252 e. The summed E-state index contributed by atoms with van der Waals surface area (Å²) in [5.41, 5.74) is 7.00. The minimum absolute atomic E-state index is 0.00303. The predicted octanol–water partition coefficient (Wildman–Crippen LogP) is 7.99. The van der Waals surface area contributed by atoms with E-state index in [0.717, 1.165) is 33.5 Å². The average molecular weight is 428 g/mol. The lowest BCUT2D eigenvalue weighted by Crippen LogP contribution is -2.25. The van der Waals surface area contributed by atoms with Gasteiger partial charge in [0.05, 0.1) is 5.69 Å². The fraction of sp³-hybridized carbons (Fsp3) is 0.276. The summed E-state index contributed by atoms with van der Waals surface area (Å²) in [4.78, 5) is 4.66. The van der Waals surface area contributed by atoms with Gasteiger partial charge in [-0.3, -0.25) is 4.98 Å². The van der Waals surface area contributed by atoms with E-state index in [2.05, 4.69) is 68.2 Å². The molecule has 1 aliphatic rings. The second-order valence-electron chi connectivity index (χ2n) is 9.94. The highest BCUT2D eigenvalue weighted by Crippen LogP contribution is 2.37. The molecule has 0 aliphatic heterocycles. The lowest BCUT2D eigenvalue weighted by atomic mass is 9.82. The van der Waals surface area contributed by atoms with Crippen molar-refractivity contribution in [3.8, 4) is 22.4 Å². The van der Waals surface area contributed by atoms with Gasteiger partial charge >= 0.3 is 0 Å². The highest BCUT2D eigenvalue weighted by molar-refractivity contribution is 5.91. The van der Waals surface area contributed by atoms with Crippen molar-refractivity contribution >= 4 is 10.8 Å². The van der Waals surface area contributed by atoms with Crippen LogP contribution in [-0.4, -0.2) is 10.9 Å². The lowest BCUT2D eigenvalue weighted by molar-refractivity contribution is -0.0122. The molecule has 0 radical (unpaired) electrons. The van der Waals surface area contributed by atoms with Gasteiger partial charge in [0.25, 0.3) is 5.92 Å². The van der Waals surface area contributed by atoms with E-state index in [9.17, 15) is 8.78 Å². The van der Waals surface area contributed by atoms with Crippen LogP contribution in [0.1, 0.15) is 43.9 Å². The van der Waals surface area contributed by atoms with E-state index in [4.69, 9.17) is 0 Å². The Balaban J connectivity index is 1.59. The number of hydrogen-bond acceptors (Lipinski definition) is 1. The van der Waals surface area contributed by atoms with Crippen molar-refractivity contribution < 1.29 is 8.78 Å². The first-order chi connectivity index (χ1) is 15.2. The van der Waals surface area contributed by atoms with Gasteiger partial charge in [-0.25, -0.2) is 8.78 Å². The zero-order valence-electron chi connectivity index (χ0n) is 18.8. The standard InChI is InChI=1S/C29H27F2N/c1-28(2,3)26-16-23(15-22-6-4-5-7-25(22)26)27-17-21(11-13-32-27)20-9-8-19-10-12-29(30,31)18-24(19)14-20/h4-9,11,13-17H,10,12,18H2,1-3H3. The third kappa shape index (κ3) is 3.92. The van der Waals surface area contributed by atoms with Crippen LogP contribution in [0, 0.1) is 0 Å². The van der Waals surface area contributed by atoms with E-state index in [0.29, 0.717) is 6.42 Å². The van der Waals surface area contributed by atoms with E-state index in [-0.39, 0.29) is 18.3 Å². The molecule has 162 valence electrons. The second kappa shape index (κ2) is 7.51. The number of benzene rings is 3. The number of hydrogen-bond donors (Lipinski definition) is 0. The minimum Gasteiger partial charge on any atom is -0.256 e. The summed E-state index contributed by atoms with van der Waals surface area (Å²) in [5.74, 6) is -2.61. The van der Waals surface area contributed by atoms with Crippen LogP contribution in [0.25, 0.3) is 33.2 Å². The molecule has 0 saturated carbocycles. The molecule has 0 bridgehead atoms. The van der Waals surface area contributed by atoms with Gasteiger partial charge in [0.1, 0.15) is 0 Å². The highest BCUT2D eigenvalue weighted by atomic mass is 19.3. The van der Waals surface area contributed by atoms with Gasteiger partial charge < -0.3 is 0 Å². The Morgan fingerprint density at radius 2 is 1.59 bits per heavy atom. The third-order valence-electron chi connectivity index (χ3n) is 6.47. The van der Waals surface area contributed by atoms with Gasteiger partial charge in [-0.05, 0) is 74.7 Å². The third-order valence-corrected chi connectivity index (χ3v) is 6.47. The van der Waals surface area contributed by atoms with E-state index in [1.165, 1.54) is 16.3 Å². The molecule has 1 aromatic heterocycles. The second-order valence-corrected chi connectivity index (χ2v) is 9.94. The molecule has 1 nitrogen and oxygen atoms in total. The molecule has 0 N–H and O–H groups in total. The van der Waals surface area contributed by atoms with Gasteiger partial charge in [-0.1, -0.05) is 63.2 Å². The number of alkyl halides is 2. The maximum atomic E-state index is 14.0. The summed E-state index contributed by atoms with van der Waals surface area (Å²) in [6, 6.07) is 22.9. The van der Waals surface area contributed by atoms with Crippen LogP contribution in [-0.2, 0) is 18.3 Å². The highest BCUT2D eigenvalue weighted by Gasteiger charge is 2.33. The van der Waals surface area contributed by atoms with Crippen molar-refractivity contribution in [1.82, 2.24) is 4.98 Å². The number of aromatic nitrogens is 1. The van der Waals surface area contributed by atoms with Crippen LogP contribution < -0.4 is 0 Å². The molecule has 0 fully saturated rings. The van der Waals surface area contributed by atoms with Crippen LogP contribution in [0.15, 0.2) is 72.9 Å². The number of halogens is 2. The summed E-state index contributed by atoms with van der Waals surface area (Å²) < 4.78 is 27.9. The summed E-state index contributed by atoms with van der Waals surface area (Å²) in [6.45, 7) is 6.68. The molecule has 1 heterocycles.